The zero-order valence-corrected chi connectivity index (χ0v) is 14.9. The van der Waals surface area contributed by atoms with Gasteiger partial charge in [0.1, 0.15) is 11.3 Å². The minimum atomic E-state index is -0.574. The Bertz CT molecular complexity index is 623. The number of hydrogen-bond acceptors (Lipinski definition) is 3. The number of nitrogens with zero attached hydrogens (tertiary/aromatic N) is 2. The Kier molecular flexibility index (Phi) is 3.82. The van der Waals surface area contributed by atoms with Gasteiger partial charge < -0.3 is 14.5 Å². The lowest BCUT2D eigenvalue weighted by Crippen LogP contribution is -2.73. The van der Waals surface area contributed by atoms with Crippen molar-refractivity contribution < 1.29 is 18.3 Å². The molecule has 7 heteroatoms. The zero-order chi connectivity index (χ0) is 17.0. The molecule has 2 saturated heterocycles. The molecule has 0 bridgehead atoms. The number of rotatable bonds is 1. The minimum Gasteiger partial charge on any atom is -0.444 e. The zero-order valence-electron chi connectivity index (χ0n) is 13.3. The fourth-order valence-corrected chi connectivity index (χ4v) is 3.58. The van der Waals surface area contributed by atoms with Crippen molar-refractivity contribution in [1.82, 2.24) is 4.90 Å². The van der Waals surface area contributed by atoms with Crippen LogP contribution in [0.5, 0.6) is 0 Å². The molecule has 0 atom stereocenters. The summed E-state index contributed by atoms with van der Waals surface area (Å²) in [7, 11) is 0. The molecule has 2 fully saturated rings. The Labute approximate surface area is 142 Å². The van der Waals surface area contributed by atoms with Crippen LogP contribution < -0.4 is 4.90 Å². The van der Waals surface area contributed by atoms with Crippen molar-refractivity contribution in [2.75, 3.05) is 31.1 Å². The molecular formula is C16H19BrF2N2O2. The number of amides is 1. The second-order valence-corrected chi connectivity index (χ2v) is 8.33. The second kappa shape index (κ2) is 5.33. The van der Waals surface area contributed by atoms with Crippen molar-refractivity contribution in [3.63, 3.8) is 0 Å². The van der Waals surface area contributed by atoms with Crippen molar-refractivity contribution in [2.24, 2.45) is 5.41 Å². The van der Waals surface area contributed by atoms with E-state index in [2.05, 4.69) is 15.9 Å². The van der Waals surface area contributed by atoms with Crippen LogP contribution in [0.1, 0.15) is 20.8 Å². The summed E-state index contributed by atoms with van der Waals surface area (Å²) in [5, 5.41) is 0. The summed E-state index contributed by atoms with van der Waals surface area (Å²) >= 11 is 3.07. The van der Waals surface area contributed by atoms with Gasteiger partial charge in [-0.05, 0) is 32.9 Å². The average Bonchev–Trinajstić information content (AvgIpc) is 2.25. The molecule has 1 aromatic rings. The van der Waals surface area contributed by atoms with E-state index in [-0.39, 0.29) is 17.2 Å². The third-order valence-electron chi connectivity index (χ3n) is 4.05. The molecule has 0 unspecified atom stereocenters. The summed E-state index contributed by atoms with van der Waals surface area (Å²) < 4.78 is 33.6. The van der Waals surface area contributed by atoms with Gasteiger partial charge >= 0.3 is 6.09 Å². The van der Waals surface area contributed by atoms with Crippen LogP contribution in [0, 0.1) is 17.0 Å². The van der Waals surface area contributed by atoms with Crippen LogP contribution in [-0.2, 0) is 4.74 Å². The molecule has 1 aromatic carbocycles. The third kappa shape index (κ3) is 3.16. The molecule has 0 radical (unpaired) electrons. The molecule has 3 rings (SSSR count). The molecule has 0 aromatic heterocycles. The Morgan fingerprint density at radius 2 is 1.70 bits per heavy atom. The Morgan fingerprint density at radius 1 is 1.17 bits per heavy atom. The van der Waals surface area contributed by atoms with Crippen LogP contribution >= 0.6 is 15.9 Å². The number of likely N-dealkylation sites (tertiary alicyclic amines) is 1. The summed E-state index contributed by atoms with van der Waals surface area (Å²) in [5.41, 5.74) is -0.576. The molecule has 1 spiro atoms. The van der Waals surface area contributed by atoms with Crippen molar-refractivity contribution in [1.29, 1.82) is 0 Å². The smallest absolute Gasteiger partial charge is 0.410 e. The monoisotopic (exact) mass is 388 g/mol. The van der Waals surface area contributed by atoms with E-state index in [1.807, 2.05) is 20.8 Å². The van der Waals surface area contributed by atoms with Crippen LogP contribution in [0.25, 0.3) is 0 Å². The van der Waals surface area contributed by atoms with Gasteiger partial charge in [0.25, 0.3) is 0 Å². The van der Waals surface area contributed by atoms with E-state index < -0.39 is 17.2 Å². The van der Waals surface area contributed by atoms with Crippen molar-refractivity contribution >= 4 is 27.7 Å². The first-order valence-corrected chi connectivity index (χ1v) is 8.25. The van der Waals surface area contributed by atoms with Crippen LogP contribution in [-0.4, -0.2) is 42.8 Å². The van der Waals surface area contributed by atoms with E-state index in [1.165, 1.54) is 12.1 Å². The molecule has 126 valence electrons. The predicted molar refractivity (Wildman–Crippen MR) is 86.5 cm³/mol. The lowest BCUT2D eigenvalue weighted by molar-refractivity contribution is -0.0456. The quantitative estimate of drug-likeness (QED) is 0.733. The van der Waals surface area contributed by atoms with Crippen LogP contribution in [0.4, 0.5) is 19.3 Å². The van der Waals surface area contributed by atoms with E-state index in [1.54, 1.807) is 9.80 Å². The fraction of sp³-hybridized carbons (Fsp3) is 0.562. The Balaban J connectivity index is 1.58. The molecule has 0 aliphatic carbocycles. The van der Waals surface area contributed by atoms with Crippen LogP contribution in [0.3, 0.4) is 0 Å². The summed E-state index contributed by atoms with van der Waals surface area (Å²) in [6.45, 7) is 7.69. The number of benzene rings is 1. The molecule has 23 heavy (non-hydrogen) atoms. The number of carbonyl (C=O) groups is 1. The number of ether oxygens (including phenoxy) is 1. The van der Waals surface area contributed by atoms with Gasteiger partial charge in [0.2, 0.25) is 0 Å². The van der Waals surface area contributed by atoms with E-state index in [0.29, 0.717) is 30.7 Å². The average molecular weight is 389 g/mol. The molecule has 4 nitrogen and oxygen atoms in total. The van der Waals surface area contributed by atoms with Crippen molar-refractivity contribution in [3.05, 3.63) is 28.2 Å². The highest BCUT2D eigenvalue weighted by molar-refractivity contribution is 9.10. The summed E-state index contributed by atoms with van der Waals surface area (Å²) in [5.74, 6) is -1.15. The van der Waals surface area contributed by atoms with E-state index in [0.717, 1.165) is 0 Å². The largest absolute Gasteiger partial charge is 0.444 e. The minimum absolute atomic E-state index is 0.00884. The first-order valence-electron chi connectivity index (χ1n) is 7.46. The van der Waals surface area contributed by atoms with E-state index in [9.17, 15) is 13.6 Å². The van der Waals surface area contributed by atoms with Gasteiger partial charge in [0.05, 0.1) is 0 Å². The summed E-state index contributed by atoms with van der Waals surface area (Å²) in [6, 6.07) is 2.52. The number of halogens is 3. The predicted octanol–water partition coefficient (Wildman–Crippen LogP) is 3.78. The molecule has 2 aliphatic heterocycles. The molecule has 2 aliphatic rings. The van der Waals surface area contributed by atoms with Crippen molar-refractivity contribution in [2.45, 2.75) is 26.4 Å². The Hall–Kier alpha value is -1.37. The molecule has 0 N–H and O–H groups in total. The molecular weight excluding hydrogens is 370 g/mol. The highest BCUT2D eigenvalue weighted by atomic mass is 79.9. The highest BCUT2D eigenvalue weighted by Gasteiger charge is 2.54. The van der Waals surface area contributed by atoms with Gasteiger partial charge in [-0.15, -0.1) is 0 Å². The van der Waals surface area contributed by atoms with Crippen LogP contribution in [0.15, 0.2) is 16.6 Å². The summed E-state index contributed by atoms with van der Waals surface area (Å²) in [4.78, 5) is 15.3. The lowest BCUT2D eigenvalue weighted by atomic mass is 9.73. The number of anilines is 1. The second-order valence-electron chi connectivity index (χ2n) is 7.41. The first-order chi connectivity index (χ1) is 10.6. The van der Waals surface area contributed by atoms with Crippen LogP contribution in [0.2, 0.25) is 0 Å². The van der Waals surface area contributed by atoms with Gasteiger partial charge in [-0.2, -0.15) is 0 Å². The van der Waals surface area contributed by atoms with E-state index in [4.69, 9.17) is 4.74 Å². The highest BCUT2D eigenvalue weighted by Crippen LogP contribution is 2.44. The van der Waals surface area contributed by atoms with Gasteiger partial charge in [-0.3, -0.25) is 0 Å². The maximum absolute atomic E-state index is 14.0. The van der Waals surface area contributed by atoms with E-state index >= 15 is 0 Å². The fourth-order valence-electron chi connectivity index (χ4n) is 3.18. The van der Waals surface area contributed by atoms with Gasteiger partial charge in [0, 0.05) is 36.1 Å². The standard InChI is InChI=1S/C16H19BrF2N2O2/c1-15(2,3)23-14(22)21-8-16(9-21)6-20(7-16)13-11(18)4-10(17)5-12(13)19/h4-5H,6-9H2,1-3H3. The Morgan fingerprint density at radius 3 is 2.17 bits per heavy atom. The first kappa shape index (κ1) is 16.5. The SMILES string of the molecule is CC(C)(C)OC(=O)N1CC2(C1)CN(c1c(F)cc(Br)cc1F)C2. The third-order valence-corrected chi connectivity index (χ3v) is 4.51. The van der Waals surface area contributed by atoms with Crippen molar-refractivity contribution in [3.8, 4) is 0 Å². The normalized spacial score (nSPS) is 19.4. The number of hydrogen-bond donors (Lipinski definition) is 0. The molecule has 0 saturated carbocycles. The maximum Gasteiger partial charge on any atom is 0.410 e. The van der Waals surface area contributed by atoms with Gasteiger partial charge in [0.15, 0.2) is 11.6 Å². The lowest BCUT2D eigenvalue weighted by Gasteiger charge is -2.60. The number of carbonyl (C=O) groups excluding carboxylic acids is 1. The van der Waals surface area contributed by atoms with Gasteiger partial charge in [-0.25, -0.2) is 13.6 Å². The topological polar surface area (TPSA) is 32.8 Å². The summed E-state index contributed by atoms with van der Waals surface area (Å²) in [6.07, 6.45) is -0.331. The molecule has 1 amide bonds. The van der Waals surface area contributed by atoms with Gasteiger partial charge in [-0.1, -0.05) is 15.9 Å². The molecule has 2 heterocycles. The maximum atomic E-state index is 14.0.